The van der Waals surface area contributed by atoms with Crippen molar-refractivity contribution in [3.8, 4) is 0 Å². The Labute approximate surface area is 121 Å². The van der Waals surface area contributed by atoms with Gasteiger partial charge in [-0.2, -0.15) is 0 Å². The van der Waals surface area contributed by atoms with Crippen molar-refractivity contribution in [1.29, 1.82) is 0 Å². The van der Waals surface area contributed by atoms with Gasteiger partial charge < -0.3 is 5.32 Å². The molecule has 0 fully saturated rings. The first-order valence-electron chi connectivity index (χ1n) is 6.42. The molecule has 0 aliphatic rings. The zero-order valence-electron chi connectivity index (χ0n) is 11.2. The molecule has 102 valence electrons. The topological polar surface area (TPSA) is 55.1 Å². The molecule has 0 atom stereocenters. The second-order valence-electron chi connectivity index (χ2n) is 4.30. The minimum atomic E-state index is 0.773. The van der Waals surface area contributed by atoms with E-state index in [9.17, 15) is 0 Å². The summed E-state index contributed by atoms with van der Waals surface area (Å²) in [6.07, 6.45) is 3.63. The Hall–Kier alpha value is -2.08. The molecule has 1 N–H and O–H groups in total. The second kappa shape index (κ2) is 5.92. The highest BCUT2D eigenvalue weighted by Gasteiger charge is 2.06. The summed E-state index contributed by atoms with van der Waals surface area (Å²) in [6, 6.07) is 10.4. The fraction of sp³-hybridized carbons (Fsp3) is 0.214. The Balaban J connectivity index is 1.60. The maximum Gasteiger partial charge on any atom is 0.203 e. The first-order valence-corrected chi connectivity index (χ1v) is 7.41. The van der Waals surface area contributed by atoms with Crippen molar-refractivity contribution in [2.75, 3.05) is 17.6 Å². The number of nitrogens with one attached hydrogen (secondary N) is 1. The first-order chi connectivity index (χ1) is 9.84. The fourth-order valence-electron chi connectivity index (χ4n) is 1.92. The predicted octanol–water partition coefficient (Wildman–Crippen LogP) is 2.64. The molecule has 3 rings (SSSR count). The van der Waals surface area contributed by atoms with Gasteiger partial charge >= 0.3 is 0 Å². The van der Waals surface area contributed by atoms with E-state index < -0.39 is 0 Å². The number of benzene rings is 1. The Morgan fingerprint density at radius 3 is 2.90 bits per heavy atom. The van der Waals surface area contributed by atoms with Crippen molar-refractivity contribution >= 4 is 23.2 Å². The lowest BCUT2D eigenvalue weighted by Gasteiger charge is -2.06. The van der Waals surface area contributed by atoms with Crippen LogP contribution in [0.1, 0.15) is 5.82 Å². The van der Waals surface area contributed by atoms with Crippen LogP contribution in [0.4, 0.5) is 5.82 Å². The quantitative estimate of drug-likeness (QED) is 0.577. The largest absolute Gasteiger partial charge is 0.366 e. The molecule has 3 aromatic rings. The lowest BCUT2D eigenvalue weighted by molar-refractivity contribution is 1.00. The highest BCUT2D eigenvalue weighted by Crippen LogP contribution is 2.17. The number of fused-ring (bicyclic) bond motifs is 1. The predicted molar refractivity (Wildman–Crippen MR) is 81.2 cm³/mol. The van der Waals surface area contributed by atoms with Gasteiger partial charge in [0, 0.05) is 29.6 Å². The second-order valence-corrected chi connectivity index (χ2v) is 5.47. The van der Waals surface area contributed by atoms with Crippen LogP contribution in [0.25, 0.3) is 5.65 Å². The Kier molecular flexibility index (Phi) is 3.83. The summed E-state index contributed by atoms with van der Waals surface area (Å²) in [5.41, 5.74) is 0.773. The van der Waals surface area contributed by atoms with Crippen LogP contribution in [-0.2, 0) is 0 Å². The molecular weight excluding hydrogens is 270 g/mol. The van der Waals surface area contributed by atoms with Crippen LogP contribution in [0.2, 0.25) is 0 Å². The lowest BCUT2D eigenvalue weighted by Crippen LogP contribution is -2.07. The van der Waals surface area contributed by atoms with E-state index in [1.54, 1.807) is 6.20 Å². The van der Waals surface area contributed by atoms with Crippen molar-refractivity contribution in [3.63, 3.8) is 0 Å². The van der Waals surface area contributed by atoms with Crippen molar-refractivity contribution in [1.82, 2.24) is 19.6 Å². The van der Waals surface area contributed by atoms with Crippen LogP contribution < -0.4 is 5.32 Å². The Morgan fingerprint density at radius 1 is 1.20 bits per heavy atom. The molecule has 1 aromatic carbocycles. The normalized spacial score (nSPS) is 10.8. The van der Waals surface area contributed by atoms with Crippen LogP contribution in [-0.4, -0.2) is 31.9 Å². The minimum absolute atomic E-state index is 0.773. The fourth-order valence-corrected chi connectivity index (χ4v) is 2.71. The summed E-state index contributed by atoms with van der Waals surface area (Å²) in [7, 11) is 0. The van der Waals surface area contributed by atoms with Gasteiger partial charge in [-0.3, -0.25) is 4.40 Å². The van der Waals surface area contributed by atoms with Gasteiger partial charge in [0.15, 0.2) is 5.82 Å². The zero-order valence-corrected chi connectivity index (χ0v) is 12.0. The van der Waals surface area contributed by atoms with E-state index >= 15 is 0 Å². The summed E-state index contributed by atoms with van der Waals surface area (Å²) >= 11 is 1.82. The molecule has 0 aliphatic heterocycles. The molecule has 5 nitrogen and oxygen atoms in total. The molecule has 2 heterocycles. The zero-order chi connectivity index (χ0) is 13.8. The highest BCUT2D eigenvalue weighted by atomic mass is 32.2. The van der Waals surface area contributed by atoms with Gasteiger partial charge in [-0.05, 0) is 19.1 Å². The van der Waals surface area contributed by atoms with Gasteiger partial charge in [0.1, 0.15) is 5.82 Å². The maximum atomic E-state index is 4.32. The van der Waals surface area contributed by atoms with Gasteiger partial charge in [0.25, 0.3) is 0 Å². The number of anilines is 1. The molecule has 2 aromatic heterocycles. The highest BCUT2D eigenvalue weighted by molar-refractivity contribution is 7.99. The number of rotatable bonds is 5. The van der Waals surface area contributed by atoms with Crippen molar-refractivity contribution < 1.29 is 0 Å². The standard InChI is InChI=1S/C14H15N5S/c1-11-17-18-14-13(15-7-9-19(11)14)16-8-10-20-12-5-3-2-4-6-12/h2-7,9H,8,10H2,1H3,(H,15,16). The molecular formula is C14H15N5S. The summed E-state index contributed by atoms with van der Waals surface area (Å²) in [5.74, 6) is 2.62. The van der Waals surface area contributed by atoms with E-state index in [1.165, 1.54) is 4.90 Å². The van der Waals surface area contributed by atoms with Gasteiger partial charge in [-0.25, -0.2) is 4.98 Å². The van der Waals surface area contributed by atoms with Gasteiger partial charge in [0.05, 0.1) is 0 Å². The van der Waals surface area contributed by atoms with Crippen LogP contribution in [0.5, 0.6) is 0 Å². The summed E-state index contributed by atoms with van der Waals surface area (Å²) in [6.45, 7) is 2.76. The van der Waals surface area contributed by atoms with Crippen molar-refractivity contribution in [3.05, 3.63) is 48.5 Å². The molecule has 0 saturated carbocycles. The SMILES string of the molecule is Cc1nnc2c(NCCSc3ccccc3)nccn12. The third-order valence-electron chi connectivity index (χ3n) is 2.90. The Bertz CT molecular complexity index is 695. The van der Waals surface area contributed by atoms with Crippen LogP contribution in [0, 0.1) is 6.92 Å². The molecule has 0 aliphatic carbocycles. The van der Waals surface area contributed by atoms with Gasteiger partial charge in [-0.15, -0.1) is 22.0 Å². The number of thioether (sulfide) groups is 1. The lowest BCUT2D eigenvalue weighted by atomic mass is 10.4. The van der Waals surface area contributed by atoms with Crippen LogP contribution in [0.15, 0.2) is 47.6 Å². The van der Waals surface area contributed by atoms with E-state index in [0.29, 0.717) is 0 Å². The molecule has 0 spiro atoms. The number of aryl methyl sites for hydroxylation is 1. The molecule has 0 bridgehead atoms. The van der Waals surface area contributed by atoms with E-state index in [2.05, 4.69) is 44.8 Å². The monoisotopic (exact) mass is 285 g/mol. The van der Waals surface area contributed by atoms with Gasteiger partial charge in [-0.1, -0.05) is 18.2 Å². The van der Waals surface area contributed by atoms with E-state index in [1.807, 2.05) is 35.3 Å². The average Bonchev–Trinajstić information content (AvgIpc) is 2.87. The van der Waals surface area contributed by atoms with E-state index in [4.69, 9.17) is 0 Å². The molecule has 0 unspecified atom stereocenters. The van der Waals surface area contributed by atoms with Crippen LogP contribution >= 0.6 is 11.8 Å². The molecule has 20 heavy (non-hydrogen) atoms. The van der Waals surface area contributed by atoms with Crippen molar-refractivity contribution in [2.45, 2.75) is 11.8 Å². The Morgan fingerprint density at radius 2 is 2.05 bits per heavy atom. The van der Waals surface area contributed by atoms with E-state index in [-0.39, 0.29) is 0 Å². The average molecular weight is 285 g/mol. The van der Waals surface area contributed by atoms with Crippen molar-refractivity contribution in [2.24, 2.45) is 0 Å². The summed E-state index contributed by atoms with van der Waals surface area (Å²) in [4.78, 5) is 5.60. The summed E-state index contributed by atoms with van der Waals surface area (Å²) < 4.78 is 1.93. The first kappa shape index (κ1) is 12.9. The molecule has 0 amide bonds. The third-order valence-corrected chi connectivity index (χ3v) is 3.92. The third kappa shape index (κ3) is 2.75. The maximum absolute atomic E-state index is 4.32. The number of hydrogen-bond acceptors (Lipinski definition) is 5. The number of aromatic nitrogens is 4. The number of nitrogens with zero attached hydrogens (tertiary/aromatic N) is 4. The molecule has 0 radical (unpaired) electrons. The number of hydrogen-bond donors (Lipinski definition) is 1. The molecule has 6 heteroatoms. The smallest absolute Gasteiger partial charge is 0.203 e. The minimum Gasteiger partial charge on any atom is -0.366 e. The van der Waals surface area contributed by atoms with Gasteiger partial charge in [0.2, 0.25) is 5.65 Å². The van der Waals surface area contributed by atoms with Crippen LogP contribution in [0.3, 0.4) is 0 Å². The summed E-state index contributed by atoms with van der Waals surface area (Å²) in [5, 5.41) is 11.5. The molecule has 0 saturated heterocycles. The van der Waals surface area contributed by atoms with E-state index in [0.717, 1.165) is 29.6 Å².